The summed E-state index contributed by atoms with van der Waals surface area (Å²) in [4.78, 5) is 12.1. The summed E-state index contributed by atoms with van der Waals surface area (Å²) in [6.45, 7) is 3.15. The van der Waals surface area contributed by atoms with Crippen LogP contribution in [0.3, 0.4) is 0 Å². The highest BCUT2D eigenvalue weighted by Crippen LogP contribution is 2.24. The van der Waals surface area contributed by atoms with E-state index in [1.165, 1.54) is 10.4 Å². The maximum Gasteiger partial charge on any atom is 0.251 e. The smallest absolute Gasteiger partial charge is 0.251 e. The van der Waals surface area contributed by atoms with Crippen LogP contribution in [0.4, 0.5) is 4.39 Å². The van der Waals surface area contributed by atoms with E-state index in [9.17, 15) is 17.6 Å². The van der Waals surface area contributed by atoms with Crippen molar-refractivity contribution in [3.8, 4) is 0 Å². The molecule has 28 heavy (non-hydrogen) atoms. The third kappa shape index (κ3) is 4.59. The van der Waals surface area contributed by atoms with Gasteiger partial charge in [-0.05, 0) is 42.5 Å². The molecule has 2 aromatic carbocycles. The number of nitrogens with zero attached hydrogens (tertiary/aromatic N) is 1. The van der Waals surface area contributed by atoms with Gasteiger partial charge in [0.2, 0.25) is 10.0 Å². The molecule has 1 fully saturated rings. The molecule has 5 nitrogen and oxygen atoms in total. The van der Waals surface area contributed by atoms with Gasteiger partial charge in [0.05, 0.1) is 0 Å². The number of amides is 1. The van der Waals surface area contributed by atoms with Crippen LogP contribution in [0.1, 0.15) is 48.0 Å². The molecule has 1 atom stereocenters. The number of halogens is 1. The average Bonchev–Trinajstić information content (AvgIpc) is 2.73. The second kappa shape index (κ2) is 8.84. The van der Waals surface area contributed by atoms with Gasteiger partial charge in [0.15, 0.2) is 0 Å². The normalized spacial score (nSPS) is 16.5. The van der Waals surface area contributed by atoms with Gasteiger partial charge in [-0.1, -0.05) is 43.7 Å². The predicted molar refractivity (Wildman–Crippen MR) is 106 cm³/mol. The Kier molecular flexibility index (Phi) is 6.46. The van der Waals surface area contributed by atoms with Crippen molar-refractivity contribution in [3.05, 3.63) is 65.5 Å². The van der Waals surface area contributed by atoms with Crippen LogP contribution in [0.15, 0.2) is 53.4 Å². The number of nitrogens with one attached hydrogen (secondary N) is 1. The molecule has 7 heteroatoms. The molecule has 1 N–H and O–H groups in total. The SMILES string of the molecule is CC(CNC(=O)c1ccc(F)c(S(=O)(=O)N2CCCCC2)c1)c1ccccc1. The van der Waals surface area contributed by atoms with Crippen LogP contribution in [-0.2, 0) is 10.0 Å². The molecule has 1 saturated heterocycles. The molecule has 150 valence electrons. The lowest BCUT2D eigenvalue weighted by Crippen LogP contribution is -2.36. The number of sulfonamides is 1. The van der Waals surface area contributed by atoms with Crippen LogP contribution >= 0.6 is 0 Å². The van der Waals surface area contributed by atoms with Crippen LogP contribution in [0, 0.1) is 5.82 Å². The first-order chi connectivity index (χ1) is 13.4. The van der Waals surface area contributed by atoms with E-state index in [1.54, 1.807) is 0 Å². The summed E-state index contributed by atoms with van der Waals surface area (Å²) < 4.78 is 41.2. The number of carbonyl (C=O) groups excluding carboxylic acids is 1. The van der Waals surface area contributed by atoms with Gasteiger partial charge in [-0.15, -0.1) is 0 Å². The summed E-state index contributed by atoms with van der Waals surface area (Å²) in [6, 6.07) is 13.3. The monoisotopic (exact) mass is 404 g/mol. The zero-order valence-corrected chi connectivity index (χ0v) is 16.7. The van der Waals surface area contributed by atoms with Crippen molar-refractivity contribution < 1.29 is 17.6 Å². The molecular formula is C21H25FN2O3S. The lowest BCUT2D eigenvalue weighted by atomic mass is 10.0. The van der Waals surface area contributed by atoms with Gasteiger partial charge in [0.1, 0.15) is 10.7 Å². The van der Waals surface area contributed by atoms with E-state index in [0.29, 0.717) is 19.6 Å². The number of carbonyl (C=O) groups is 1. The topological polar surface area (TPSA) is 66.5 Å². The van der Waals surface area contributed by atoms with Gasteiger partial charge in [-0.25, -0.2) is 12.8 Å². The van der Waals surface area contributed by atoms with E-state index < -0.39 is 26.6 Å². The second-order valence-electron chi connectivity index (χ2n) is 7.13. The fourth-order valence-corrected chi connectivity index (χ4v) is 4.94. The minimum Gasteiger partial charge on any atom is -0.351 e. The Balaban J connectivity index is 1.74. The summed E-state index contributed by atoms with van der Waals surface area (Å²) in [5.74, 6) is -1.15. The summed E-state index contributed by atoms with van der Waals surface area (Å²) in [7, 11) is -3.94. The van der Waals surface area contributed by atoms with E-state index in [1.807, 2.05) is 37.3 Å². The molecular weight excluding hydrogens is 379 g/mol. The number of hydrogen-bond acceptors (Lipinski definition) is 3. The number of rotatable bonds is 6. The largest absolute Gasteiger partial charge is 0.351 e. The van der Waals surface area contributed by atoms with Crippen molar-refractivity contribution in [2.75, 3.05) is 19.6 Å². The molecule has 1 unspecified atom stereocenters. The van der Waals surface area contributed by atoms with Crippen molar-refractivity contribution >= 4 is 15.9 Å². The van der Waals surface area contributed by atoms with Gasteiger partial charge in [-0.3, -0.25) is 4.79 Å². The average molecular weight is 405 g/mol. The van der Waals surface area contributed by atoms with Crippen molar-refractivity contribution in [1.29, 1.82) is 0 Å². The molecule has 0 aromatic heterocycles. The molecule has 1 aliphatic heterocycles. The standard InChI is InChI=1S/C21H25FN2O3S/c1-16(17-8-4-2-5-9-17)15-23-21(25)18-10-11-19(22)20(14-18)28(26,27)24-12-6-3-7-13-24/h2,4-5,8-11,14,16H,3,6-7,12-13,15H2,1H3,(H,23,25). The molecule has 1 heterocycles. The third-order valence-electron chi connectivity index (χ3n) is 5.06. The van der Waals surface area contributed by atoms with Crippen LogP contribution in [0.25, 0.3) is 0 Å². The molecule has 0 spiro atoms. The van der Waals surface area contributed by atoms with Gasteiger partial charge in [0, 0.05) is 25.2 Å². The van der Waals surface area contributed by atoms with Crippen LogP contribution in [0.5, 0.6) is 0 Å². The molecule has 1 amide bonds. The van der Waals surface area contributed by atoms with Crippen molar-refractivity contribution in [1.82, 2.24) is 9.62 Å². The summed E-state index contributed by atoms with van der Waals surface area (Å²) in [5.41, 5.74) is 1.23. The fourth-order valence-electron chi connectivity index (χ4n) is 3.33. The first-order valence-corrected chi connectivity index (χ1v) is 11.0. The summed E-state index contributed by atoms with van der Waals surface area (Å²) in [6.07, 6.45) is 2.49. The van der Waals surface area contributed by atoms with E-state index in [4.69, 9.17) is 0 Å². The van der Waals surface area contributed by atoms with Crippen molar-refractivity contribution in [2.45, 2.75) is 37.0 Å². The van der Waals surface area contributed by atoms with Gasteiger partial charge in [0.25, 0.3) is 5.91 Å². The zero-order chi connectivity index (χ0) is 20.1. The quantitative estimate of drug-likeness (QED) is 0.801. The number of hydrogen-bond donors (Lipinski definition) is 1. The summed E-state index contributed by atoms with van der Waals surface area (Å²) >= 11 is 0. The highest BCUT2D eigenvalue weighted by atomic mass is 32.2. The Hall–Kier alpha value is -2.25. The first kappa shape index (κ1) is 20.5. The lowest BCUT2D eigenvalue weighted by Gasteiger charge is -2.26. The predicted octanol–water partition coefficient (Wildman–Crippen LogP) is 3.53. The van der Waals surface area contributed by atoms with Crippen molar-refractivity contribution in [2.24, 2.45) is 0 Å². The van der Waals surface area contributed by atoms with Gasteiger partial charge >= 0.3 is 0 Å². The molecule has 0 bridgehead atoms. The Morgan fingerprint density at radius 3 is 2.46 bits per heavy atom. The minimum absolute atomic E-state index is 0.0992. The molecule has 0 saturated carbocycles. The Morgan fingerprint density at radius 1 is 1.11 bits per heavy atom. The molecule has 3 rings (SSSR count). The molecule has 0 radical (unpaired) electrons. The maximum atomic E-state index is 14.3. The summed E-state index contributed by atoms with van der Waals surface area (Å²) in [5, 5.41) is 2.81. The van der Waals surface area contributed by atoms with E-state index in [0.717, 1.165) is 37.0 Å². The van der Waals surface area contributed by atoms with Gasteiger partial charge < -0.3 is 5.32 Å². The fraction of sp³-hybridized carbons (Fsp3) is 0.381. The van der Waals surface area contributed by atoms with Gasteiger partial charge in [-0.2, -0.15) is 4.31 Å². The number of piperidine rings is 1. The van der Waals surface area contributed by atoms with Crippen LogP contribution in [0.2, 0.25) is 0 Å². The highest BCUT2D eigenvalue weighted by Gasteiger charge is 2.29. The second-order valence-corrected chi connectivity index (χ2v) is 9.04. The number of benzene rings is 2. The lowest BCUT2D eigenvalue weighted by molar-refractivity contribution is 0.0951. The Morgan fingerprint density at radius 2 is 1.79 bits per heavy atom. The Labute approximate surface area is 165 Å². The van der Waals surface area contributed by atoms with Crippen LogP contribution < -0.4 is 5.32 Å². The maximum absolute atomic E-state index is 14.3. The highest BCUT2D eigenvalue weighted by molar-refractivity contribution is 7.89. The minimum atomic E-state index is -3.94. The van der Waals surface area contributed by atoms with Crippen LogP contribution in [-0.4, -0.2) is 38.3 Å². The van der Waals surface area contributed by atoms with E-state index in [2.05, 4.69) is 5.32 Å². The van der Waals surface area contributed by atoms with E-state index >= 15 is 0 Å². The molecule has 1 aliphatic rings. The zero-order valence-electron chi connectivity index (χ0n) is 15.9. The third-order valence-corrected chi connectivity index (χ3v) is 6.98. The molecule has 0 aliphatic carbocycles. The first-order valence-electron chi connectivity index (χ1n) is 9.52. The molecule has 2 aromatic rings. The Bertz CT molecular complexity index is 926. The van der Waals surface area contributed by atoms with E-state index in [-0.39, 0.29) is 11.5 Å². The van der Waals surface area contributed by atoms with Crippen molar-refractivity contribution in [3.63, 3.8) is 0 Å².